The van der Waals surface area contributed by atoms with E-state index in [2.05, 4.69) is 187 Å². The van der Waals surface area contributed by atoms with Crippen molar-refractivity contribution in [1.29, 1.82) is 0 Å². The van der Waals surface area contributed by atoms with Crippen LogP contribution in [0.15, 0.2) is 146 Å². The Morgan fingerprint density at radius 1 is 0.277 bits per heavy atom. The van der Waals surface area contributed by atoms with E-state index in [1.807, 2.05) is 0 Å². The van der Waals surface area contributed by atoms with Crippen LogP contribution in [0.25, 0.3) is 0 Å². The molecule has 0 fully saturated rings. The van der Waals surface area contributed by atoms with Crippen molar-refractivity contribution in [2.45, 2.75) is 41.5 Å². The zero-order valence-corrected chi connectivity index (χ0v) is 34.1. The molecule has 5 heteroatoms. The van der Waals surface area contributed by atoms with Gasteiger partial charge in [-0.25, -0.2) is 0 Å². The van der Waals surface area contributed by atoms with Gasteiger partial charge in [0.25, 0.3) is 0 Å². The second-order valence-electron chi connectivity index (χ2n) is 12.8. The van der Waals surface area contributed by atoms with Gasteiger partial charge in [0.15, 0.2) is 0 Å². The van der Waals surface area contributed by atoms with E-state index in [9.17, 15) is 0 Å². The molecule has 0 aliphatic rings. The quantitative estimate of drug-likeness (QED) is 0.106. The van der Waals surface area contributed by atoms with Crippen molar-refractivity contribution >= 4 is 72.4 Å². The Balaban J connectivity index is 1.88. The van der Waals surface area contributed by atoms with Crippen molar-refractivity contribution in [1.82, 2.24) is 0 Å². The molecule has 0 aliphatic carbocycles. The Kier molecular flexibility index (Phi) is 10.2. The molecule has 0 amide bonds. The average Bonchev–Trinajstić information content (AvgIpc) is 3.06. The molecule has 6 aromatic carbocycles. The van der Waals surface area contributed by atoms with Gasteiger partial charge in [-0.15, -0.1) is 0 Å². The monoisotopic (exact) mass is 826 g/mol. The first-order chi connectivity index (χ1) is 22.5. The zero-order chi connectivity index (χ0) is 33.4. The average molecular weight is 829 g/mol. The van der Waals surface area contributed by atoms with E-state index in [1.54, 1.807) is 0 Å². The summed E-state index contributed by atoms with van der Waals surface area (Å²) < 4.78 is 0. The Bertz CT molecular complexity index is 1600. The number of hydrogen-bond acceptors (Lipinski definition) is 0. The maximum atomic E-state index is 4.89. The molecule has 0 saturated carbocycles. The van der Waals surface area contributed by atoms with E-state index in [0.717, 1.165) is 0 Å². The summed E-state index contributed by atoms with van der Waals surface area (Å²) in [6.45, 7) is 13.2. The first-order valence-corrected chi connectivity index (χ1v) is 27.5. The number of halogens is 2. The third-order valence-electron chi connectivity index (χ3n) is 9.18. The van der Waals surface area contributed by atoms with E-state index in [4.69, 9.17) is 28.5 Å². The van der Waals surface area contributed by atoms with Crippen LogP contribution in [0.2, 0.25) is 0 Å². The molecule has 0 aliphatic heterocycles. The van der Waals surface area contributed by atoms with Crippen molar-refractivity contribution < 1.29 is 7.98 Å². The van der Waals surface area contributed by atoms with E-state index in [0.29, 0.717) is 0 Å². The first-order valence-electron chi connectivity index (χ1n) is 16.0. The van der Waals surface area contributed by atoms with Gasteiger partial charge >= 0.3 is 301 Å². The van der Waals surface area contributed by atoms with Gasteiger partial charge in [-0.3, -0.25) is 0 Å². The van der Waals surface area contributed by atoms with Crippen LogP contribution in [-0.4, -0.2) is 0 Å². The third kappa shape index (κ3) is 6.07. The summed E-state index contributed by atoms with van der Waals surface area (Å²) in [6, 6.07) is 50.9. The van der Waals surface area contributed by atoms with Gasteiger partial charge in [-0.1, -0.05) is 0 Å². The number of aryl methyl sites for hydroxylation is 6. The first kappa shape index (κ1) is 34.5. The van der Waals surface area contributed by atoms with Crippen LogP contribution in [0.1, 0.15) is 33.4 Å². The normalized spacial score (nSPS) is 13.3. The molecular weight excluding hydrogens is 785 g/mol. The molecule has 6 rings (SSSR count). The second-order valence-corrected chi connectivity index (χ2v) is 46.1. The number of hydrogen-bond donors (Lipinski definition) is 0. The van der Waals surface area contributed by atoms with Gasteiger partial charge < -0.3 is 0 Å². The molecule has 0 saturated heterocycles. The minimum atomic E-state index is -2.96. The number of rotatable bonds is 8. The van der Waals surface area contributed by atoms with Crippen molar-refractivity contribution in [3.05, 3.63) is 179 Å². The molecule has 47 heavy (non-hydrogen) atoms. The molecule has 246 valence electrons. The molecule has 0 nitrogen and oxygen atoms in total. The van der Waals surface area contributed by atoms with E-state index in [-0.39, 0.29) is 0 Å². The van der Waals surface area contributed by atoms with Gasteiger partial charge in [0.1, 0.15) is 0 Å². The molecule has 6 aromatic rings. The predicted octanol–water partition coefficient (Wildman–Crippen LogP) is 9.89. The summed E-state index contributed by atoms with van der Waals surface area (Å²) in [6.07, 6.45) is 0. The Morgan fingerprint density at radius 3 is 0.532 bits per heavy atom. The van der Waals surface area contributed by atoms with Crippen LogP contribution in [0.3, 0.4) is 0 Å². The van der Waals surface area contributed by atoms with E-state index >= 15 is 0 Å². The molecule has 0 atom stereocenters. The van der Waals surface area contributed by atoms with Crippen molar-refractivity contribution in [2.24, 2.45) is 0 Å². The molecule has 0 radical (unpaired) electrons. The van der Waals surface area contributed by atoms with Gasteiger partial charge in [0.05, 0.1) is 0 Å². The Morgan fingerprint density at radius 2 is 0.404 bits per heavy atom. The summed E-state index contributed by atoms with van der Waals surface area (Å²) in [5, 5.41) is 8.46. The fraction of sp³-hybridized carbons (Fsp3) is 0.143. The SMILES string of the molecule is Cc1ccc([PH](c2ccc(C)cc2)(c2ccc(C)cc2)[Ni]([Br])([Br])[PH](c2ccc(C)cc2)(c2ccc(C)cc2)c2ccc(C)cc2)cc1. The van der Waals surface area contributed by atoms with Crippen LogP contribution < -0.4 is 31.8 Å². The summed E-state index contributed by atoms with van der Waals surface area (Å²) in [5.74, 6) is 0. The maximum absolute atomic E-state index is 4.89. The molecule has 0 spiro atoms. The fourth-order valence-corrected chi connectivity index (χ4v) is 57.6. The Labute approximate surface area is 298 Å². The molecule has 0 N–H and O–H groups in total. The van der Waals surface area contributed by atoms with Gasteiger partial charge in [0.2, 0.25) is 0 Å². The van der Waals surface area contributed by atoms with E-state index in [1.165, 1.54) is 65.2 Å². The van der Waals surface area contributed by atoms with Gasteiger partial charge in [0, 0.05) is 0 Å². The van der Waals surface area contributed by atoms with Gasteiger partial charge in [-0.2, -0.15) is 0 Å². The molecular formula is C42H44Br2NiP2. The third-order valence-corrected chi connectivity index (χ3v) is 52.1. The number of benzene rings is 6. The summed E-state index contributed by atoms with van der Waals surface area (Å²) in [5.41, 5.74) is 7.64. The molecule has 0 unspecified atom stereocenters. The summed E-state index contributed by atoms with van der Waals surface area (Å²) in [4.78, 5) is 0. The zero-order valence-electron chi connectivity index (χ0n) is 27.9. The van der Waals surface area contributed by atoms with Gasteiger partial charge in [-0.05, 0) is 0 Å². The van der Waals surface area contributed by atoms with Crippen molar-refractivity contribution in [3.63, 3.8) is 0 Å². The van der Waals surface area contributed by atoms with Crippen LogP contribution >= 0.6 is 40.5 Å². The predicted molar refractivity (Wildman–Crippen MR) is 219 cm³/mol. The fourth-order valence-electron chi connectivity index (χ4n) is 6.50. The summed E-state index contributed by atoms with van der Waals surface area (Å²) >= 11 is 9.79. The minimum absolute atomic E-state index is 1.27. The molecule has 0 bridgehead atoms. The van der Waals surface area contributed by atoms with Crippen LogP contribution in [0, 0.1) is 41.5 Å². The summed E-state index contributed by atoms with van der Waals surface area (Å²) in [7, 11) is -2.15. The molecule has 0 heterocycles. The van der Waals surface area contributed by atoms with Crippen molar-refractivity contribution in [3.8, 4) is 0 Å². The van der Waals surface area contributed by atoms with Crippen LogP contribution in [-0.2, 0) is 7.98 Å². The van der Waals surface area contributed by atoms with E-state index < -0.39 is 20.1 Å². The second kappa shape index (κ2) is 13.9. The molecule has 0 aromatic heterocycles. The van der Waals surface area contributed by atoms with Crippen molar-refractivity contribution in [2.75, 3.05) is 0 Å². The van der Waals surface area contributed by atoms with Crippen LogP contribution in [0.5, 0.6) is 0 Å². The van der Waals surface area contributed by atoms with Crippen LogP contribution in [0.4, 0.5) is 0 Å². The standard InChI is InChI=1S/2C21H21P.2BrH.Ni/c2*1-16-4-10-19(11-5-16)22(20-12-6-17(2)7-13-20)21-14-8-18(3)9-15-21;;;/h2*4-15H,1-3H3;2*1H;. The topological polar surface area (TPSA) is 0 Å². The Hall–Kier alpha value is -2.37.